The smallest absolute Gasteiger partial charge is 0.0838 e. The van der Waals surface area contributed by atoms with E-state index in [0.717, 1.165) is 23.8 Å². The zero-order chi connectivity index (χ0) is 16.6. The molecule has 2 heterocycles. The molecule has 0 bridgehead atoms. The van der Waals surface area contributed by atoms with Crippen molar-refractivity contribution >= 4 is 0 Å². The average Bonchev–Trinajstić information content (AvgIpc) is 2.52. The summed E-state index contributed by atoms with van der Waals surface area (Å²) in [5.74, 6) is 2.54. The van der Waals surface area contributed by atoms with Crippen LogP contribution in [0.15, 0.2) is 0 Å². The number of rotatable bonds is 4. The first kappa shape index (κ1) is 17.7. The van der Waals surface area contributed by atoms with E-state index >= 15 is 0 Å². The monoisotopic (exact) mass is 323 g/mol. The fourth-order valence-electron chi connectivity index (χ4n) is 5.94. The Labute approximate surface area is 143 Å². The van der Waals surface area contributed by atoms with Gasteiger partial charge in [0.1, 0.15) is 0 Å². The van der Waals surface area contributed by atoms with Crippen LogP contribution < -0.4 is 0 Å². The Hall–Kier alpha value is -0.120. The molecular formula is C20H37NO2. The first-order valence-electron chi connectivity index (χ1n) is 9.76. The van der Waals surface area contributed by atoms with Crippen molar-refractivity contribution in [2.75, 3.05) is 27.3 Å². The molecule has 0 aromatic rings. The highest BCUT2D eigenvalue weighted by Gasteiger charge is 2.52. The van der Waals surface area contributed by atoms with E-state index in [-0.39, 0.29) is 12.2 Å². The lowest BCUT2D eigenvalue weighted by molar-refractivity contribution is -0.152. The van der Waals surface area contributed by atoms with Crippen LogP contribution in [0, 0.1) is 23.2 Å². The molecule has 4 unspecified atom stereocenters. The molecule has 2 aliphatic heterocycles. The minimum absolute atomic E-state index is 0.282. The summed E-state index contributed by atoms with van der Waals surface area (Å²) in [6.45, 7) is 9.89. The predicted octanol–water partition coefficient (Wildman–Crippen LogP) is 3.96. The summed E-state index contributed by atoms with van der Waals surface area (Å²) >= 11 is 0. The third-order valence-corrected chi connectivity index (χ3v) is 7.14. The van der Waals surface area contributed by atoms with E-state index < -0.39 is 0 Å². The molecule has 0 radical (unpaired) electrons. The van der Waals surface area contributed by atoms with Crippen LogP contribution in [0.4, 0.5) is 0 Å². The zero-order valence-electron chi connectivity index (χ0n) is 15.9. The normalized spacial score (nSPS) is 44.9. The molecule has 1 saturated carbocycles. The minimum atomic E-state index is 0.282. The van der Waals surface area contributed by atoms with Crippen LogP contribution in [-0.2, 0) is 9.47 Å². The highest BCUT2D eigenvalue weighted by molar-refractivity contribution is 5.04. The lowest BCUT2D eigenvalue weighted by atomic mass is 9.57. The molecular weight excluding hydrogens is 286 g/mol. The summed E-state index contributed by atoms with van der Waals surface area (Å²) in [7, 11) is 3.71. The lowest BCUT2D eigenvalue weighted by Crippen LogP contribution is -2.61. The van der Waals surface area contributed by atoms with Gasteiger partial charge in [-0.15, -0.1) is 0 Å². The van der Waals surface area contributed by atoms with Crippen molar-refractivity contribution in [3.63, 3.8) is 0 Å². The summed E-state index contributed by atoms with van der Waals surface area (Å²) in [5, 5.41) is 0. The summed E-state index contributed by atoms with van der Waals surface area (Å²) in [5.41, 5.74) is 0.446. The summed E-state index contributed by atoms with van der Waals surface area (Å²) < 4.78 is 11.6. The van der Waals surface area contributed by atoms with E-state index in [2.05, 4.69) is 25.7 Å². The maximum atomic E-state index is 5.80. The van der Waals surface area contributed by atoms with Crippen LogP contribution in [0.1, 0.15) is 59.3 Å². The van der Waals surface area contributed by atoms with Gasteiger partial charge in [0.15, 0.2) is 0 Å². The molecule has 0 spiro atoms. The van der Waals surface area contributed by atoms with Crippen LogP contribution in [0.5, 0.6) is 0 Å². The summed E-state index contributed by atoms with van der Waals surface area (Å²) in [6.07, 6.45) is 8.48. The van der Waals surface area contributed by atoms with Crippen molar-refractivity contribution in [3.05, 3.63) is 0 Å². The van der Waals surface area contributed by atoms with Crippen LogP contribution in [0.3, 0.4) is 0 Å². The molecule has 3 nitrogen and oxygen atoms in total. The Morgan fingerprint density at radius 3 is 2.52 bits per heavy atom. The number of fused-ring (bicyclic) bond motifs is 3. The second-order valence-electron chi connectivity index (χ2n) is 9.13. The van der Waals surface area contributed by atoms with Crippen LogP contribution in [0.2, 0.25) is 0 Å². The van der Waals surface area contributed by atoms with Crippen molar-refractivity contribution in [2.45, 2.75) is 77.5 Å². The predicted molar refractivity (Wildman–Crippen MR) is 94.6 cm³/mol. The molecule has 134 valence electrons. The highest BCUT2D eigenvalue weighted by Crippen LogP contribution is 2.52. The molecule has 0 amide bonds. The van der Waals surface area contributed by atoms with Gasteiger partial charge in [-0.25, -0.2) is 0 Å². The second kappa shape index (κ2) is 7.01. The Kier molecular flexibility index (Phi) is 5.40. The van der Waals surface area contributed by atoms with Gasteiger partial charge in [-0.1, -0.05) is 20.8 Å². The van der Waals surface area contributed by atoms with Crippen molar-refractivity contribution in [1.29, 1.82) is 0 Å². The van der Waals surface area contributed by atoms with Gasteiger partial charge in [0.05, 0.1) is 12.2 Å². The zero-order valence-corrected chi connectivity index (χ0v) is 15.9. The van der Waals surface area contributed by atoms with Gasteiger partial charge in [0.25, 0.3) is 0 Å². The Bertz CT molecular complexity index is 399. The standard InChI is InChI=1S/C20H37NO2/c1-14(2)10-15-6-7-17-16-11-18(22-4)19(23-5)12-20(16,3)8-9-21(17)13-15/h14-19H,6-13H2,1-5H3/t15-,16?,17?,18?,19?,20-/m1/s1. The number of hydrogen-bond acceptors (Lipinski definition) is 3. The summed E-state index contributed by atoms with van der Waals surface area (Å²) in [6, 6.07) is 0.785. The molecule has 23 heavy (non-hydrogen) atoms. The van der Waals surface area contributed by atoms with E-state index in [1.807, 2.05) is 14.2 Å². The van der Waals surface area contributed by atoms with Gasteiger partial charge < -0.3 is 9.47 Å². The number of methoxy groups -OCH3 is 2. The number of hydrogen-bond donors (Lipinski definition) is 0. The minimum Gasteiger partial charge on any atom is -0.379 e. The third-order valence-electron chi connectivity index (χ3n) is 7.14. The van der Waals surface area contributed by atoms with Gasteiger partial charge in [0, 0.05) is 26.8 Å². The second-order valence-corrected chi connectivity index (χ2v) is 9.13. The molecule has 2 saturated heterocycles. The molecule has 0 N–H and O–H groups in total. The molecule has 3 rings (SSSR count). The number of nitrogens with zero attached hydrogens (tertiary/aromatic N) is 1. The van der Waals surface area contributed by atoms with Crippen LogP contribution in [0.25, 0.3) is 0 Å². The van der Waals surface area contributed by atoms with Crippen molar-refractivity contribution < 1.29 is 9.47 Å². The largest absolute Gasteiger partial charge is 0.379 e. The Balaban J connectivity index is 1.71. The first-order valence-corrected chi connectivity index (χ1v) is 9.76. The SMILES string of the molecule is COC1CC2C3CC[C@H](CC(C)C)CN3CC[C@]2(C)CC1OC. The van der Waals surface area contributed by atoms with Gasteiger partial charge >= 0.3 is 0 Å². The third kappa shape index (κ3) is 3.48. The number of ether oxygens (including phenoxy) is 2. The van der Waals surface area contributed by atoms with Crippen LogP contribution >= 0.6 is 0 Å². The quantitative estimate of drug-likeness (QED) is 0.781. The van der Waals surface area contributed by atoms with Gasteiger partial charge in [0.2, 0.25) is 0 Å². The number of piperidine rings is 2. The molecule has 3 fully saturated rings. The molecule has 0 aromatic heterocycles. The topological polar surface area (TPSA) is 21.7 Å². The van der Waals surface area contributed by atoms with Crippen molar-refractivity contribution in [1.82, 2.24) is 4.90 Å². The van der Waals surface area contributed by atoms with Crippen LogP contribution in [-0.4, -0.2) is 50.5 Å². The Morgan fingerprint density at radius 1 is 1.13 bits per heavy atom. The van der Waals surface area contributed by atoms with E-state index in [4.69, 9.17) is 9.47 Å². The fourth-order valence-corrected chi connectivity index (χ4v) is 5.94. The van der Waals surface area contributed by atoms with Gasteiger partial charge in [-0.05, 0) is 68.2 Å². The van der Waals surface area contributed by atoms with E-state index in [1.54, 1.807) is 0 Å². The Morgan fingerprint density at radius 2 is 1.87 bits per heavy atom. The molecule has 1 aliphatic carbocycles. The summed E-state index contributed by atoms with van der Waals surface area (Å²) in [4.78, 5) is 2.84. The molecule has 3 heteroatoms. The highest BCUT2D eigenvalue weighted by atomic mass is 16.5. The average molecular weight is 324 g/mol. The van der Waals surface area contributed by atoms with Crippen molar-refractivity contribution in [3.8, 4) is 0 Å². The van der Waals surface area contributed by atoms with E-state index in [9.17, 15) is 0 Å². The lowest BCUT2D eigenvalue weighted by Gasteiger charge is -2.58. The van der Waals surface area contributed by atoms with Gasteiger partial charge in [-0.3, -0.25) is 4.90 Å². The fraction of sp³-hybridized carbons (Fsp3) is 1.00. The maximum Gasteiger partial charge on any atom is 0.0838 e. The first-order chi connectivity index (χ1) is 11.0. The van der Waals surface area contributed by atoms with Gasteiger partial charge in [-0.2, -0.15) is 0 Å². The maximum absolute atomic E-state index is 5.80. The van der Waals surface area contributed by atoms with E-state index in [1.165, 1.54) is 51.6 Å². The molecule has 0 aromatic carbocycles. The molecule has 3 aliphatic rings. The van der Waals surface area contributed by atoms with E-state index in [0.29, 0.717) is 5.41 Å². The molecule has 6 atom stereocenters. The van der Waals surface area contributed by atoms with Crippen molar-refractivity contribution in [2.24, 2.45) is 23.2 Å².